The molecule has 1 radical (unpaired) electrons. The van der Waals surface area contributed by atoms with Crippen LogP contribution >= 0.6 is 0 Å². The van der Waals surface area contributed by atoms with E-state index >= 15 is 0 Å². The van der Waals surface area contributed by atoms with Gasteiger partial charge in [-0.25, -0.2) is 39.9 Å². The first-order chi connectivity index (χ1) is 63.3. The van der Waals surface area contributed by atoms with E-state index in [1.165, 1.54) is 151 Å². The molecule has 8 aromatic carbocycles. The molecular weight excluding hydrogens is 1630 g/mol. The molecule has 12 nitrogen and oxygen atoms in total. The van der Waals surface area contributed by atoms with Crippen molar-refractivity contribution in [2.45, 2.75) is 285 Å². The molecule has 0 atom stereocenters. The van der Waals surface area contributed by atoms with Gasteiger partial charge in [0.05, 0.1) is 0 Å². The molecule has 5 heterocycles. The zero-order chi connectivity index (χ0) is 88.0. The van der Waals surface area contributed by atoms with Crippen LogP contribution in [-0.4, -0.2) is 46.7 Å². The molecule has 0 saturated heterocycles. The van der Waals surface area contributed by atoms with Crippen LogP contribution in [0.5, 0.6) is 46.0 Å². The van der Waals surface area contributed by atoms with Gasteiger partial charge in [-0.2, -0.15) is 0 Å². The maximum absolute atomic E-state index is 6.84. The van der Waals surface area contributed by atoms with E-state index in [9.17, 15) is 0 Å². The Morgan fingerprint density at radius 2 is 0.372 bits per heavy atom. The van der Waals surface area contributed by atoms with Crippen molar-refractivity contribution < 1.29 is 36.0 Å². The van der Waals surface area contributed by atoms with E-state index in [1.54, 1.807) is 0 Å². The fraction of sp³-hybridized carbons (Fsp3) is 0.379. The Morgan fingerprint density at radius 3 is 0.589 bits per heavy atom. The summed E-state index contributed by atoms with van der Waals surface area (Å²) in [4.78, 5) is 43.4. The molecular formula is C116H136CuN8O4. The minimum Gasteiger partial charge on any atom is -0.457 e. The van der Waals surface area contributed by atoms with Crippen LogP contribution in [0.25, 0.3) is 0 Å². The molecule has 0 aromatic heterocycles. The number of rotatable bonds is 56. The molecule has 13 heteroatoms. The fourth-order valence-corrected chi connectivity index (χ4v) is 16.6. The second kappa shape index (κ2) is 54.9. The van der Waals surface area contributed by atoms with E-state index in [0.717, 1.165) is 196 Å². The average Bonchev–Trinajstić information content (AvgIpc) is 1.59. The molecule has 129 heavy (non-hydrogen) atoms. The molecule has 8 bridgehead atoms. The third kappa shape index (κ3) is 31.6. The van der Waals surface area contributed by atoms with E-state index < -0.39 is 0 Å². The van der Waals surface area contributed by atoms with Crippen LogP contribution in [0, 0.1) is 0 Å². The SMILES string of the molecule is CCC/C=C/C/C=C/CCCCCCCc1cccc(Oc2ccc3c(c2)C2=NC3=NC3=NC(=NC4=NC(=NC5=NC(=N2)c2cc(Oc6cccc(CCCCCCC/C=C/C/C=C/CCC)c6)ccc25)c2ccc(Oc5cccc(CCCCCCC/C=C/C/C=C/CCC)c5)cc24)c2cc(Oc4cccc(CCCCCCC/C=C/C/C=C/CCC)c4)ccc23)c1.[Cu]. The Labute approximate surface area is 781 Å². The Balaban J connectivity index is 0.0000151. The Morgan fingerprint density at radius 1 is 0.186 bits per heavy atom. The zero-order valence-electron chi connectivity index (χ0n) is 77.2. The number of aryl methyl sites for hydroxylation is 4. The number of aliphatic imine (C=N–C) groups is 8. The summed E-state index contributed by atoms with van der Waals surface area (Å²) >= 11 is 0. The van der Waals surface area contributed by atoms with Gasteiger partial charge in [0.25, 0.3) is 0 Å². The van der Waals surface area contributed by atoms with E-state index in [0.29, 0.717) is 69.7 Å². The van der Waals surface area contributed by atoms with Gasteiger partial charge in [0.2, 0.25) is 0 Å². The number of hydrogen-bond acceptors (Lipinski definition) is 12. The van der Waals surface area contributed by atoms with Gasteiger partial charge in [0, 0.05) is 61.6 Å². The second-order valence-corrected chi connectivity index (χ2v) is 34.4. The van der Waals surface area contributed by atoms with Gasteiger partial charge in [-0.3, -0.25) is 0 Å². The number of allylic oxidation sites excluding steroid dienone is 16. The Bertz CT molecular complexity index is 5130. The van der Waals surface area contributed by atoms with Crippen LogP contribution in [-0.2, 0) is 42.8 Å². The van der Waals surface area contributed by atoms with Gasteiger partial charge in [-0.15, -0.1) is 0 Å². The van der Waals surface area contributed by atoms with Gasteiger partial charge >= 0.3 is 0 Å². The number of ether oxygens (including phenoxy) is 4. The van der Waals surface area contributed by atoms with Crippen molar-refractivity contribution in [1.82, 2.24) is 0 Å². The van der Waals surface area contributed by atoms with Crippen LogP contribution in [0.15, 0.2) is 307 Å². The first-order valence-electron chi connectivity index (χ1n) is 48.9. The van der Waals surface area contributed by atoms with Crippen molar-refractivity contribution in [1.29, 1.82) is 0 Å². The predicted octanol–water partition coefficient (Wildman–Crippen LogP) is 32.7. The molecule has 0 saturated carbocycles. The van der Waals surface area contributed by atoms with E-state index in [-0.39, 0.29) is 17.1 Å². The summed E-state index contributed by atoms with van der Waals surface area (Å²) in [6, 6.07) is 58.2. The Kier molecular flexibility index (Phi) is 41.2. The summed E-state index contributed by atoms with van der Waals surface area (Å²) in [7, 11) is 0. The smallest absolute Gasteiger partial charge is 0.164 e. The molecule has 13 rings (SSSR count). The normalized spacial score (nSPS) is 13.8. The predicted molar refractivity (Wildman–Crippen MR) is 541 cm³/mol. The summed E-state index contributed by atoms with van der Waals surface area (Å²) < 4.78 is 27.3. The maximum atomic E-state index is 6.84. The summed E-state index contributed by atoms with van der Waals surface area (Å²) in [6.45, 7) is 8.90. The van der Waals surface area contributed by atoms with Gasteiger partial charge in [-0.05, 0) is 298 Å². The molecule has 0 spiro atoms. The van der Waals surface area contributed by atoms with Crippen molar-refractivity contribution in [2.24, 2.45) is 39.9 Å². The van der Waals surface area contributed by atoms with Crippen molar-refractivity contribution in [3.63, 3.8) is 0 Å². The van der Waals surface area contributed by atoms with E-state index in [2.05, 4.69) is 198 Å². The summed E-state index contributed by atoms with van der Waals surface area (Å²) in [5.74, 6) is 8.93. The molecule has 675 valence electrons. The Hall–Kier alpha value is -11.2. The third-order valence-corrected chi connectivity index (χ3v) is 23.7. The van der Waals surface area contributed by atoms with Crippen molar-refractivity contribution in [2.75, 3.05) is 0 Å². The number of benzene rings is 8. The van der Waals surface area contributed by atoms with Crippen LogP contribution < -0.4 is 18.9 Å². The van der Waals surface area contributed by atoms with Gasteiger partial charge in [-0.1, -0.05) is 276 Å². The molecule has 5 aliphatic rings. The second-order valence-electron chi connectivity index (χ2n) is 34.4. The topological polar surface area (TPSA) is 136 Å². The number of unbranched alkanes of at least 4 members (excludes halogenated alkanes) is 24. The minimum atomic E-state index is 0. The first-order valence-corrected chi connectivity index (χ1v) is 48.9. The van der Waals surface area contributed by atoms with E-state index in [4.69, 9.17) is 58.9 Å². The number of fused-ring (bicyclic) bond motifs is 16. The van der Waals surface area contributed by atoms with Gasteiger partial charge < -0.3 is 18.9 Å². The fourth-order valence-electron chi connectivity index (χ4n) is 16.6. The standard InChI is InChI=1S/C116H136N8O4.Cu/c1-5-9-13-17-21-25-29-33-37-41-45-49-53-61-89-65-57-69-93(81-89)125-97-73-77-101-105(85-97)113-119-109(101)117-110-103-79-75-99(127-95-71-59-67-91(83-95)63-55-51-47-43-39-35-31-27-23-19-15-11-7-3)87-107(103)115(121-110)124-116-108-88-100(128-96-72-60-68-92(84-96)64-56-52-48-44-40-36-32-28-24-20-16-12-8-4)76-80-104(108)112(122-116)118-111-102-78-74-98(86-106(102)114(120-111)123-113)126-94-70-58-66-90(82-94)62-54-50-46-42-38-34-30-26-22-18-14-10-6-2;/h13-20,25-32,57-60,65-88H,5-12,21-24,33-56,61-64H2,1-4H3;/b17-13+,18-14+,19-15+,20-16+,29-25+,30-26+,31-27+,32-28+,117-109?,117-110?,118-111?,118-112?,123-113?,123-114?,124-115?,124-116?;. The zero-order valence-corrected chi connectivity index (χ0v) is 78.1. The molecule has 0 amide bonds. The summed E-state index contributed by atoms with van der Waals surface area (Å²) in [6.07, 6.45) is 83.0. The van der Waals surface area contributed by atoms with Crippen molar-refractivity contribution >= 4 is 46.7 Å². The van der Waals surface area contributed by atoms with Gasteiger partial charge in [0.1, 0.15) is 46.0 Å². The molecule has 0 unspecified atom stereocenters. The summed E-state index contributed by atoms with van der Waals surface area (Å²) in [5, 5.41) is 0. The van der Waals surface area contributed by atoms with Crippen LogP contribution in [0.3, 0.4) is 0 Å². The van der Waals surface area contributed by atoms with Gasteiger partial charge in [0.15, 0.2) is 46.7 Å². The van der Waals surface area contributed by atoms with Crippen molar-refractivity contribution in [3.05, 3.63) is 334 Å². The number of nitrogens with zero attached hydrogens (tertiary/aromatic N) is 8. The van der Waals surface area contributed by atoms with Crippen LogP contribution in [0.4, 0.5) is 0 Å². The number of amidine groups is 8. The molecule has 0 fully saturated rings. The maximum Gasteiger partial charge on any atom is 0.164 e. The van der Waals surface area contributed by atoms with E-state index in [1.807, 2.05) is 97.1 Å². The van der Waals surface area contributed by atoms with Crippen LogP contribution in [0.1, 0.15) is 326 Å². The molecule has 0 N–H and O–H groups in total. The molecule has 5 aliphatic heterocycles. The largest absolute Gasteiger partial charge is 0.457 e. The monoisotopic (exact) mass is 1770 g/mol. The third-order valence-electron chi connectivity index (χ3n) is 23.7. The minimum absolute atomic E-state index is 0. The summed E-state index contributed by atoms with van der Waals surface area (Å²) in [5.41, 5.74) is 10.9. The van der Waals surface area contributed by atoms with Crippen molar-refractivity contribution in [3.8, 4) is 46.0 Å². The molecule has 8 aromatic rings. The molecule has 0 aliphatic carbocycles. The number of hydrogen-bond donors (Lipinski definition) is 0. The average molecular weight is 1770 g/mol. The van der Waals surface area contributed by atoms with Crippen LogP contribution in [0.2, 0.25) is 0 Å². The quantitative estimate of drug-likeness (QED) is 0.0213. The first kappa shape index (κ1) is 96.8.